The van der Waals surface area contributed by atoms with E-state index in [2.05, 4.69) is 16.2 Å². The van der Waals surface area contributed by atoms with Gasteiger partial charge in [0.25, 0.3) is 0 Å². The van der Waals surface area contributed by atoms with Crippen molar-refractivity contribution in [2.45, 2.75) is 13.0 Å². The Balaban J connectivity index is 1.87. The average molecular weight is 342 g/mol. The van der Waals surface area contributed by atoms with Crippen molar-refractivity contribution in [3.63, 3.8) is 0 Å². The molecule has 128 valence electrons. The summed E-state index contributed by atoms with van der Waals surface area (Å²) in [4.78, 5) is 28.3. The number of rotatable bonds is 4. The van der Waals surface area contributed by atoms with Crippen molar-refractivity contribution in [1.82, 2.24) is 14.9 Å². The predicted molar refractivity (Wildman–Crippen MR) is 87.8 cm³/mol. The van der Waals surface area contributed by atoms with Crippen LogP contribution in [-0.2, 0) is 9.53 Å². The number of hydrogen-bond donors (Lipinski definition) is 1. The van der Waals surface area contributed by atoms with Gasteiger partial charge in [-0.15, -0.1) is 6.42 Å². The van der Waals surface area contributed by atoms with Crippen LogP contribution in [0.15, 0.2) is 30.7 Å². The van der Waals surface area contributed by atoms with Crippen molar-refractivity contribution in [3.8, 4) is 18.0 Å². The molecule has 1 fully saturated rings. The van der Waals surface area contributed by atoms with Crippen molar-refractivity contribution in [3.05, 3.63) is 42.2 Å². The Hall–Kier alpha value is -3.34. The summed E-state index contributed by atoms with van der Waals surface area (Å²) >= 11 is 0. The number of terminal acetylenes is 1. The first kappa shape index (κ1) is 16.5. The Bertz CT molecular complexity index is 871. The highest BCUT2D eigenvalue weighted by atomic mass is 19.1. The van der Waals surface area contributed by atoms with Crippen LogP contribution >= 0.6 is 0 Å². The molecule has 0 aliphatic carbocycles. The van der Waals surface area contributed by atoms with E-state index in [-0.39, 0.29) is 24.7 Å². The third-order valence-corrected chi connectivity index (χ3v) is 3.77. The van der Waals surface area contributed by atoms with Crippen LogP contribution in [0.2, 0.25) is 0 Å². The number of anilines is 1. The molecule has 1 aromatic heterocycles. The molecule has 2 heterocycles. The van der Waals surface area contributed by atoms with Gasteiger partial charge in [0.1, 0.15) is 24.4 Å². The molecule has 2 aromatic rings. The first-order valence-corrected chi connectivity index (χ1v) is 7.50. The molecule has 0 spiro atoms. The molecule has 1 unspecified atom stereocenters. The maximum Gasteiger partial charge on any atom is 0.414 e. The van der Waals surface area contributed by atoms with Gasteiger partial charge in [-0.3, -0.25) is 9.69 Å². The van der Waals surface area contributed by atoms with E-state index in [0.717, 1.165) is 0 Å². The molecule has 7 nitrogen and oxygen atoms in total. The summed E-state index contributed by atoms with van der Waals surface area (Å²) in [5, 5.41) is 2.63. The Morgan fingerprint density at radius 2 is 2.36 bits per heavy atom. The second kappa shape index (κ2) is 6.65. The number of ether oxygens (including phenoxy) is 1. The van der Waals surface area contributed by atoms with Crippen LogP contribution in [0.4, 0.5) is 14.9 Å². The summed E-state index contributed by atoms with van der Waals surface area (Å²) in [5.41, 5.74) is 0.988. The number of cyclic esters (lactones) is 1. The number of carbonyl (C=O) groups is 2. The second-order valence-corrected chi connectivity index (χ2v) is 5.48. The number of aromatic nitrogens is 2. The smallest absolute Gasteiger partial charge is 0.414 e. The lowest BCUT2D eigenvalue weighted by Crippen LogP contribution is -2.42. The van der Waals surface area contributed by atoms with Crippen molar-refractivity contribution in [2.24, 2.45) is 0 Å². The fourth-order valence-electron chi connectivity index (χ4n) is 2.57. The number of carbonyl (C=O) groups excluding carboxylic acids is 2. The van der Waals surface area contributed by atoms with Gasteiger partial charge in [-0.05, 0) is 24.1 Å². The van der Waals surface area contributed by atoms with E-state index in [0.29, 0.717) is 11.4 Å². The lowest BCUT2D eigenvalue weighted by Gasteiger charge is -2.22. The van der Waals surface area contributed by atoms with Gasteiger partial charge in [-0.25, -0.2) is 14.2 Å². The fourth-order valence-corrected chi connectivity index (χ4v) is 2.57. The zero-order valence-electron chi connectivity index (χ0n) is 13.4. The molecule has 1 aliphatic rings. The molecule has 1 saturated heterocycles. The minimum absolute atomic E-state index is 0.121. The van der Waals surface area contributed by atoms with E-state index in [9.17, 15) is 14.0 Å². The summed E-state index contributed by atoms with van der Waals surface area (Å²) in [5.74, 6) is 1.61. The highest BCUT2D eigenvalue weighted by Crippen LogP contribution is 2.26. The maximum atomic E-state index is 14.5. The van der Waals surface area contributed by atoms with Crippen LogP contribution < -0.4 is 10.2 Å². The highest BCUT2D eigenvalue weighted by molar-refractivity contribution is 5.90. The molecule has 1 atom stereocenters. The Morgan fingerprint density at radius 3 is 3.00 bits per heavy atom. The summed E-state index contributed by atoms with van der Waals surface area (Å²) in [7, 11) is 0. The number of nitrogens with zero attached hydrogens (tertiary/aromatic N) is 3. The largest absolute Gasteiger partial charge is 0.447 e. The molecule has 3 rings (SSSR count). The minimum Gasteiger partial charge on any atom is -0.447 e. The van der Waals surface area contributed by atoms with E-state index in [1.807, 2.05) is 0 Å². The lowest BCUT2D eigenvalue weighted by molar-refractivity contribution is -0.119. The number of nitrogens with one attached hydrogen (secondary N) is 1. The topological polar surface area (TPSA) is 76.5 Å². The van der Waals surface area contributed by atoms with Crippen LogP contribution in [0.5, 0.6) is 0 Å². The van der Waals surface area contributed by atoms with Gasteiger partial charge in [-0.1, -0.05) is 0 Å². The molecule has 25 heavy (non-hydrogen) atoms. The normalized spacial score (nSPS) is 16.4. The molecular weight excluding hydrogens is 327 g/mol. The van der Waals surface area contributed by atoms with Crippen molar-refractivity contribution < 1.29 is 18.7 Å². The maximum absolute atomic E-state index is 14.5. The summed E-state index contributed by atoms with van der Waals surface area (Å²) in [6, 6.07) is 3.95. The summed E-state index contributed by atoms with van der Waals surface area (Å²) in [6.07, 6.45) is 7.62. The third-order valence-electron chi connectivity index (χ3n) is 3.77. The molecule has 8 heteroatoms. The van der Waals surface area contributed by atoms with Gasteiger partial charge < -0.3 is 14.6 Å². The molecule has 2 amide bonds. The average Bonchev–Trinajstić information content (AvgIpc) is 3.19. The Kier molecular flexibility index (Phi) is 4.39. The van der Waals surface area contributed by atoms with Crippen molar-refractivity contribution >= 4 is 17.7 Å². The molecular formula is C17H15FN4O3. The predicted octanol–water partition coefficient (Wildman–Crippen LogP) is 1.45. The van der Waals surface area contributed by atoms with Gasteiger partial charge in [-0.2, -0.15) is 0 Å². The zero-order valence-corrected chi connectivity index (χ0v) is 13.4. The van der Waals surface area contributed by atoms with Crippen molar-refractivity contribution in [2.75, 3.05) is 18.1 Å². The summed E-state index contributed by atoms with van der Waals surface area (Å²) in [6.45, 7) is 1.72. The molecule has 1 N–H and O–H groups in total. The number of benzene rings is 1. The van der Waals surface area contributed by atoms with Gasteiger partial charge in [0.05, 0.1) is 17.4 Å². The van der Waals surface area contributed by atoms with Crippen molar-refractivity contribution in [1.29, 1.82) is 0 Å². The molecule has 0 saturated carbocycles. The second-order valence-electron chi connectivity index (χ2n) is 5.48. The van der Waals surface area contributed by atoms with E-state index < -0.39 is 18.0 Å². The Labute approximate surface area is 143 Å². The molecule has 0 bridgehead atoms. The number of hydrogen-bond acceptors (Lipinski definition) is 4. The van der Waals surface area contributed by atoms with E-state index in [4.69, 9.17) is 11.2 Å². The third kappa shape index (κ3) is 3.30. The number of halogens is 1. The molecule has 1 aromatic carbocycles. The highest BCUT2D eigenvalue weighted by Gasteiger charge is 2.34. The molecule has 0 radical (unpaired) electrons. The number of amides is 2. The number of imidazole rings is 1. The van der Waals surface area contributed by atoms with Crippen LogP contribution in [0.3, 0.4) is 0 Å². The Morgan fingerprint density at radius 1 is 1.56 bits per heavy atom. The van der Waals surface area contributed by atoms with Crippen LogP contribution in [0.25, 0.3) is 5.69 Å². The molecule has 1 aliphatic heterocycles. The van der Waals surface area contributed by atoms with Gasteiger partial charge in [0, 0.05) is 19.7 Å². The lowest BCUT2D eigenvalue weighted by atomic mass is 10.2. The van der Waals surface area contributed by atoms with E-state index in [1.54, 1.807) is 6.07 Å². The quantitative estimate of drug-likeness (QED) is 0.854. The summed E-state index contributed by atoms with van der Waals surface area (Å²) < 4.78 is 21.0. The zero-order chi connectivity index (χ0) is 18.0. The fraction of sp³-hybridized carbons (Fsp3) is 0.235. The van der Waals surface area contributed by atoms with Gasteiger partial charge in [0.2, 0.25) is 5.91 Å². The monoisotopic (exact) mass is 342 g/mol. The SMILES string of the molecule is C#Cc1cn(-c2ccc(N3C(=O)OCC3CNC(C)=O)cc2F)cn1. The van der Waals surface area contributed by atoms with E-state index >= 15 is 0 Å². The van der Waals surface area contributed by atoms with Gasteiger partial charge in [0.15, 0.2) is 0 Å². The van der Waals surface area contributed by atoms with Crippen LogP contribution in [0, 0.1) is 18.2 Å². The van der Waals surface area contributed by atoms with E-state index in [1.165, 1.54) is 41.0 Å². The van der Waals surface area contributed by atoms with Gasteiger partial charge >= 0.3 is 6.09 Å². The standard InChI is InChI=1S/C17H15FN4O3/c1-3-12-8-21(10-20-12)16-5-4-13(6-15(16)18)22-14(7-19-11(2)23)9-25-17(22)24/h1,4-6,8,10,14H,7,9H2,2H3,(H,19,23). The first-order valence-electron chi connectivity index (χ1n) is 7.50. The minimum atomic E-state index is -0.584. The first-order chi connectivity index (χ1) is 12.0. The van der Waals surface area contributed by atoms with Crippen LogP contribution in [-0.4, -0.2) is 40.7 Å². The van der Waals surface area contributed by atoms with Crippen LogP contribution in [0.1, 0.15) is 12.6 Å².